The normalized spacial score (nSPS) is 26.4. The van der Waals surface area contributed by atoms with Gasteiger partial charge in [-0.05, 0) is 32.6 Å². The molecule has 2 heteroatoms. The number of likely N-dealkylation sites (tertiary alicyclic amines) is 1. The maximum Gasteiger partial charge on any atom is 0.0282 e. The average molecular weight is 206 g/mol. The van der Waals surface area contributed by atoms with Crippen LogP contribution in [0.3, 0.4) is 0 Å². The summed E-state index contributed by atoms with van der Waals surface area (Å²) in [6.45, 7) is 4.68. The van der Waals surface area contributed by atoms with E-state index in [4.69, 9.17) is 5.73 Å². The molecule has 0 aromatic rings. The second kappa shape index (κ2) is 4.95. The maximum absolute atomic E-state index is 5.92. The molecule has 0 bridgehead atoms. The van der Waals surface area contributed by atoms with Crippen LogP contribution < -0.4 is 5.73 Å². The van der Waals surface area contributed by atoms with Gasteiger partial charge in [-0.25, -0.2) is 0 Å². The zero-order valence-electron chi connectivity index (χ0n) is 9.65. The number of nitrogens with zero attached hydrogens (tertiary/aromatic N) is 1. The van der Waals surface area contributed by atoms with Crippen molar-refractivity contribution in [1.82, 2.24) is 4.90 Å². The monoisotopic (exact) mass is 206 g/mol. The van der Waals surface area contributed by atoms with Crippen molar-refractivity contribution in [3.05, 3.63) is 23.8 Å². The third-order valence-corrected chi connectivity index (χ3v) is 3.70. The molecule has 0 radical (unpaired) electrons. The summed E-state index contributed by atoms with van der Waals surface area (Å²) in [5, 5.41) is 0. The highest BCUT2D eigenvalue weighted by atomic mass is 15.2. The fraction of sp³-hybridized carbons (Fsp3) is 0.692. The van der Waals surface area contributed by atoms with Gasteiger partial charge in [0.1, 0.15) is 0 Å². The van der Waals surface area contributed by atoms with Gasteiger partial charge in [0, 0.05) is 25.2 Å². The van der Waals surface area contributed by atoms with Crippen LogP contribution in [0.5, 0.6) is 0 Å². The number of hydrogen-bond donors (Lipinski definition) is 1. The van der Waals surface area contributed by atoms with Crippen LogP contribution in [-0.2, 0) is 0 Å². The molecule has 1 unspecified atom stereocenters. The van der Waals surface area contributed by atoms with E-state index in [1.165, 1.54) is 25.9 Å². The molecule has 0 aromatic carbocycles. The summed E-state index contributed by atoms with van der Waals surface area (Å²) in [5.41, 5.74) is 7.51. The molecule has 15 heavy (non-hydrogen) atoms. The Labute approximate surface area is 92.8 Å². The molecule has 0 aromatic heterocycles. The minimum atomic E-state index is 0.439. The first-order valence-electron chi connectivity index (χ1n) is 6.12. The van der Waals surface area contributed by atoms with Crippen LogP contribution in [0.1, 0.15) is 32.6 Å². The summed E-state index contributed by atoms with van der Waals surface area (Å²) in [4.78, 5) is 2.58. The molecule has 2 aliphatic rings. The Bertz CT molecular complexity index is 260. The Hall–Kier alpha value is -0.600. The lowest BCUT2D eigenvalue weighted by molar-refractivity contribution is 0.179. The van der Waals surface area contributed by atoms with Gasteiger partial charge in [-0.1, -0.05) is 23.8 Å². The van der Waals surface area contributed by atoms with Crippen molar-refractivity contribution < 1.29 is 0 Å². The number of rotatable bonds is 2. The first-order valence-corrected chi connectivity index (χ1v) is 6.12. The Morgan fingerprint density at radius 2 is 2.13 bits per heavy atom. The van der Waals surface area contributed by atoms with E-state index in [1.54, 1.807) is 5.57 Å². The SMILES string of the molecule is CC(C1=CC=CCC1)N1CCC(N)CC1. The van der Waals surface area contributed by atoms with E-state index in [0.717, 1.165) is 12.8 Å². The Morgan fingerprint density at radius 3 is 2.73 bits per heavy atom. The highest BCUT2D eigenvalue weighted by Crippen LogP contribution is 2.22. The van der Waals surface area contributed by atoms with Gasteiger partial charge in [-0.3, -0.25) is 4.90 Å². The summed E-state index contributed by atoms with van der Waals surface area (Å²) in [6, 6.07) is 1.05. The zero-order chi connectivity index (χ0) is 10.7. The van der Waals surface area contributed by atoms with Crippen LogP contribution >= 0.6 is 0 Å². The van der Waals surface area contributed by atoms with E-state index < -0.39 is 0 Å². The van der Waals surface area contributed by atoms with Gasteiger partial charge < -0.3 is 5.73 Å². The Balaban J connectivity index is 1.92. The first-order chi connectivity index (χ1) is 7.27. The lowest BCUT2D eigenvalue weighted by Gasteiger charge is -2.36. The number of nitrogens with two attached hydrogens (primary N) is 1. The molecule has 2 rings (SSSR count). The quantitative estimate of drug-likeness (QED) is 0.749. The summed E-state index contributed by atoms with van der Waals surface area (Å²) >= 11 is 0. The third-order valence-electron chi connectivity index (χ3n) is 3.70. The van der Waals surface area contributed by atoms with Gasteiger partial charge in [0.25, 0.3) is 0 Å². The van der Waals surface area contributed by atoms with Crippen molar-refractivity contribution >= 4 is 0 Å². The summed E-state index contributed by atoms with van der Waals surface area (Å²) in [5.74, 6) is 0. The van der Waals surface area contributed by atoms with Crippen LogP contribution in [0.4, 0.5) is 0 Å². The van der Waals surface area contributed by atoms with Gasteiger partial charge in [-0.15, -0.1) is 0 Å². The molecule has 2 nitrogen and oxygen atoms in total. The molecule has 1 saturated heterocycles. The molecule has 0 amide bonds. The molecular formula is C13H22N2. The van der Waals surface area contributed by atoms with Gasteiger partial charge in [-0.2, -0.15) is 0 Å². The second-order valence-electron chi connectivity index (χ2n) is 4.76. The van der Waals surface area contributed by atoms with Gasteiger partial charge in [0.15, 0.2) is 0 Å². The van der Waals surface area contributed by atoms with E-state index in [2.05, 4.69) is 30.1 Å². The van der Waals surface area contributed by atoms with E-state index in [1.807, 2.05) is 0 Å². The molecule has 1 aliphatic carbocycles. The van der Waals surface area contributed by atoms with E-state index in [9.17, 15) is 0 Å². The van der Waals surface area contributed by atoms with Crippen molar-refractivity contribution in [3.8, 4) is 0 Å². The van der Waals surface area contributed by atoms with Crippen LogP contribution in [0.15, 0.2) is 23.8 Å². The fourth-order valence-electron chi connectivity index (χ4n) is 2.51. The van der Waals surface area contributed by atoms with Gasteiger partial charge in [0.05, 0.1) is 0 Å². The molecule has 0 saturated carbocycles. The summed E-state index contributed by atoms with van der Waals surface area (Å²) in [7, 11) is 0. The Kier molecular flexibility index (Phi) is 3.60. The summed E-state index contributed by atoms with van der Waals surface area (Å²) < 4.78 is 0. The van der Waals surface area contributed by atoms with Crippen molar-refractivity contribution in [1.29, 1.82) is 0 Å². The smallest absolute Gasteiger partial charge is 0.0282 e. The summed E-state index contributed by atoms with van der Waals surface area (Å²) in [6.07, 6.45) is 11.5. The molecule has 0 spiro atoms. The zero-order valence-corrected chi connectivity index (χ0v) is 9.65. The number of allylic oxidation sites excluding steroid dienone is 3. The largest absolute Gasteiger partial charge is 0.328 e. The van der Waals surface area contributed by atoms with Crippen LogP contribution in [0, 0.1) is 0 Å². The third kappa shape index (κ3) is 2.70. The highest BCUT2D eigenvalue weighted by Gasteiger charge is 2.22. The first kappa shape index (κ1) is 10.9. The molecule has 84 valence electrons. The van der Waals surface area contributed by atoms with E-state index >= 15 is 0 Å². The van der Waals surface area contributed by atoms with Gasteiger partial charge >= 0.3 is 0 Å². The fourth-order valence-corrected chi connectivity index (χ4v) is 2.51. The van der Waals surface area contributed by atoms with Crippen molar-refractivity contribution in [2.24, 2.45) is 5.73 Å². The van der Waals surface area contributed by atoms with Crippen LogP contribution in [-0.4, -0.2) is 30.1 Å². The standard InChI is InChI=1S/C13H22N2/c1-11(12-5-3-2-4-6-12)15-9-7-13(14)8-10-15/h2-3,5,11,13H,4,6-10,14H2,1H3. The van der Waals surface area contributed by atoms with Gasteiger partial charge in [0.2, 0.25) is 0 Å². The van der Waals surface area contributed by atoms with Crippen LogP contribution in [0.2, 0.25) is 0 Å². The van der Waals surface area contributed by atoms with E-state index in [0.29, 0.717) is 12.1 Å². The van der Waals surface area contributed by atoms with Crippen molar-refractivity contribution in [2.45, 2.75) is 44.7 Å². The molecule has 1 fully saturated rings. The predicted molar refractivity (Wildman–Crippen MR) is 64.7 cm³/mol. The predicted octanol–water partition coefficient (Wildman–Crippen LogP) is 2.07. The maximum atomic E-state index is 5.92. The number of piperidine rings is 1. The molecule has 2 N–H and O–H groups in total. The Morgan fingerprint density at radius 1 is 1.40 bits per heavy atom. The minimum absolute atomic E-state index is 0.439. The molecule has 1 heterocycles. The topological polar surface area (TPSA) is 29.3 Å². The lowest BCUT2D eigenvalue weighted by Crippen LogP contribution is -2.44. The second-order valence-corrected chi connectivity index (χ2v) is 4.76. The van der Waals surface area contributed by atoms with E-state index in [-0.39, 0.29) is 0 Å². The highest BCUT2D eigenvalue weighted by molar-refractivity contribution is 5.22. The molecular weight excluding hydrogens is 184 g/mol. The van der Waals surface area contributed by atoms with Crippen LogP contribution in [0.25, 0.3) is 0 Å². The number of hydrogen-bond acceptors (Lipinski definition) is 2. The average Bonchev–Trinajstić information content (AvgIpc) is 2.30. The lowest BCUT2D eigenvalue weighted by atomic mass is 9.95. The molecule has 1 aliphatic heterocycles. The van der Waals surface area contributed by atoms with Crippen molar-refractivity contribution in [2.75, 3.05) is 13.1 Å². The minimum Gasteiger partial charge on any atom is -0.328 e. The van der Waals surface area contributed by atoms with Crippen molar-refractivity contribution in [3.63, 3.8) is 0 Å². The molecule has 1 atom stereocenters.